The van der Waals surface area contributed by atoms with Gasteiger partial charge in [-0.2, -0.15) is 0 Å². The number of nitrogens with one attached hydrogen (secondary N) is 2. The molecule has 0 atom stereocenters. The maximum Gasteiger partial charge on any atom is 0.293 e. The molecule has 8 nitrogen and oxygen atoms in total. The molecule has 2 aromatic rings. The van der Waals surface area contributed by atoms with E-state index >= 15 is 0 Å². The minimum atomic E-state index is -3.79. The minimum absolute atomic E-state index is 0.139. The first-order chi connectivity index (χ1) is 11.3. The van der Waals surface area contributed by atoms with Gasteiger partial charge in [-0.25, -0.2) is 13.1 Å². The number of rotatable bonds is 8. The third-order valence-corrected chi connectivity index (χ3v) is 4.79. The average molecular weight is 353 g/mol. The lowest BCUT2D eigenvalue weighted by Crippen LogP contribution is -2.30. The summed E-state index contributed by atoms with van der Waals surface area (Å²) in [5.41, 5.74) is -0.0314. The highest BCUT2D eigenvalue weighted by atomic mass is 32.2. The first kappa shape index (κ1) is 18.0. The van der Waals surface area contributed by atoms with E-state index in [2.05, 4.69) is 10.0 Å². The Kier molecular flexibility index (Phi) is 5.58. The Morgan fingerprint density at radius 2 is 2.04 bits per heavy atom. The highest BCUT2D eigenvalue weighted by molar-refractivity contribution is 7.89. The van der Waals surface area contributed by atoms with E-state index in [-0.39, 0.29) is 22.3 Å². The van der Waals surface area contributed by atoms with E-state index in [1.807, 2.05) is 6.07 Å². The lowest BCUT2D eigenvalue weighted by Gasteiger charge is -2.11. The molecule has 0 bridgehead atoms. The van der Waals surface area contributed by atoms with E-state index in [9.17, 15) is 18.5 Å². The summed E-state index contributed by atoms with van der Waals surface area (Å²) in [6.45, 7) is 3.78. The fraction of sp³-hybridized carbons (Fsp3) is 0.333. The first-order valence-electron chi connectivity index (χ1n) is 7.36. The van der Waals surface area contributed by atoms with Gasteiger partial charge in [-0.1, -0.05) is 0 Å². The molecule has 0 unspecified atom stereocenters. The second kappa shape index (κ2) is 7.45. The molecule has 0 aliphatic heterocycles. The lowest BCUT2D eigenvalue weighted by atomic mass is 10.2. The van der Waals surface area contributed by atoms with Gasteiger partial charge in [0.05, 0.1) is 16.1 Å². The van der Waals surface area contributed by atoms with Gasteiger partial charge in [0, 0.05) is 25.1 Å². The molecule has 0 amide bonds. The summed E-state index contributed by atoms with van der Waals surface area (Å²) < 4.78 is 31.9. The highest BCUT2D eigenvalue weighted by Gasteiger charge is 2.21. The SMILES string of the molecule is CC(C)NS(=O)(=O)c1ccc(NCCc2ccco2)c([N+](=O)[O-])c1. The van der Waals surface area contributed by atoms with Gasteiger partial charge in [0.15, 0.2) is 0 Å². The van der Waals surface area contributed by atoms with Gasteiger partial charge in [0.2, 0.25) is 10.0 Å². The zero-order chi connectivity index (χ0) is 17.7. The molecule has 9 heteroatoms. The van der Waals surface area contributed by atoms with Crippen molar-refractivity contribution in [1.29, 1.82) is 0 Å². The van der Waals surface area contributed by atoms with Crippen molar-refractivity contribution in [1.82, 2.24) is 4.72 Å². The Labute approximate surface area is 140 Å². The molecule has 1 heterocycles. The molecule has 0 saturated carbocycles. The Morgan fingerprint density at radius 1 is 1.29 bits per heavy atom. The predicted molar refractivity (Wildman–Crippen MR) is 89.5 cm³/mol. The van der Waals surface area contributed by atoms with Crippen LogP contribution in [0.5, 0.6) is 0 Å². The molecule has 24 heavy (non-hydrogen) atoms. The van der Waals surface area contributed by atoms with Gasteiger partial charge in [-0.3, -0.25) is 10.1 Å². The van der Waals surface area contributed by atoms with Crippen LogP contribution in [0.3, 0.4) is 0 Å². The molecule has 2 rings (SSSR count). The van der Waals surface area contributed by atoms with Crippen LogP contribution in [0.1, 0.15) is 19.6 Å². The fourth-order valence-corrected chi connectivity index (χ4v) is 3.40. The number of hydrogen-bond acceptors (Lipinski definition) is 6. The van der Waals surface area contributed by atoms with Crippen LogP contribution in [0.25, 0.3) is 0 Å². The summed E-state index contributed by atoms with van der Waals surface area (Å²) in [5.74, 6) is 0.755. The van der Waals surface area contributed by atoms with Crippen molar-refractivity contribution in [3.63, 3.8) is 0 Å². The van der Waals surface area contributed by atoms with Gasteiger partial charge in [-0.05, 0) is 38.1 Å². The van der Waals surface area contributed by atoms with E-state index in [0.29, 0.717) is 13.0 Å². The molecule has 1 aromatic heterocycles. The molecule has 0 aliphatic rings. The van der Waals surface area contributed by atoms with E-state index < -0.39 is 14.9 Å². The number of nitrogens with zero attached hydrogens (tertiary/aromatic N) is 1. The smallest absolute Gasteiger partial charge is 0.293 e. The molecular weight excluding hydrogens is 334 g/mol. The van der Waals surface area contributed by atoms with E-state index in [4.69, 9.17) is 4.42 Å². The molecule has 0 fully saturated rings. The average Bonchev–Trinajstić information content (AvgIpc) is 2.99. The maximum atomic E-state index is 12.1. The molecule has 0 aliphatic carbocycles. The zero-order valence-electron chi connectivity index (χ0n) is 13.4. The number of hydrogen-bond donors (Lipinski definition) is 2. The van der Waals surface area contributed by atoms with Crippen molar-refractivity contribution in [3.8, 4) is 0 Å². The quantitative estimate of drug-likeness (QED) is 0.557. The second-order valence-corrected chi connectivity index (χ2v) is 7.18. The molecule has 0 spiro atoms. The standard InChI is InChI=1S/C15H19N3O5S/c1-11(2)17-24(21,22)13-5-6-14(15(10-13)18(19)20)16-8-7-12-4-3-9-23-12/h3-6,9-11,16-17H,7-8H2,1-2H3. The third-order valence-electron chi connectivity index (χ3n) is 3.13. The number of nitro benzene ring substituents is 1. The summed E-state index contributed by atoms with van der Waals surface area (Å²) in [6, 6.07) is 7.06. The summed E-state index contributed by atoms with van der Waals surface area (Å²) >= 11 is 0. The van der Waals surface area contributed by atoms with E-state index in [1.54, 1.807) is 26.2 Å². The van der Waals surface area contributed by atoms with Crippen LogP contribution in [0.15, 0.2) is 45.9 Å². The normalized spacial score (nSPS) is 11.6. The summed E-state index contributed by atoms with van der Waals surface area (Å²) in [7, 11) is -3.79. The largest absolute Gasteiger partial charge is 0.469 e. The van der Waals surface area contributed by atoms with Crippen LogP contribution in [0.4, 0.5) is 11.4 Å². The van der Waals surface area contributed by atoms with Gasteiger partial charge < -0.3 is 9.73 Å². The van der Waals surface area contributed by atoms with Crippen LogP contribution < -0.4 is 10.0 Å². The molecule has 1 aromatic carbocycles. The summed E-state index contributed by atoms with van der Waals surface area (Å²) in [4.78, 5) is 10.5. The van der Waals surface area contributed by atoms with Crippen molar-refractivity contribution in [2.24, 2.45) is 0 Å². The maximum absolute atomic E-state index is 12.1. The number of anilines is 1. The van der Waals surface area contributed by atoms with Crippen LogP contribution in [-0.2, 0) is 16.4 Å². The molecule has 0 radical (unpaired) electrons. The van der Waals surface area contributed by atoms with Gasteiger partial charge in [0.1, 0.15) is 11.4 Å². The minimum Gasteiger partial charge on any atom is -0.469 e. The topological polar surface area (TPSA) is 114 Å². The Hall–Kier alpha value is -2.39. The number of nitro groups is 1. The monoisotopic (exact) mass is 353 g/mol. The second-order valence-electron chi connectivity index (χ2n) is 5.47. The molecule has 130 valence electrons. The number of sulfonamides is 1. The van der Waals surface area contributed by atoms with Crippen LogP contribution in [0, 0.1) is 10.1 Å². The zero-order valence-corrected chi connectivity index (χ0v) is 14.2. The van der Waals surface area contributed by atoms with Crippen molar-refractivity contribution in [2.75, 3.05) is 11.9 Å². The van der Waals surface area contributed by atoms with Gasteiger partial charge >= 0.3 is 0 Å². The third kappa shape index (κ3) is 4.56. The number of benzene rings is 1. The predicted octanol–water partition coefficient (Wildman–Crippen LogP) is 2.53. The van der Waals surface area contributed by atoms with Crippen LogP contribution in [0.2, 0.25) is 0 Å². The van der Waals surface area contributed by atoms with E-state index in [0.717, 1.165) is 11.8 Å². The van der Waals surface area contributed by atoms with Crippen molar-refractivity contribution >= 4 is 21.4 Å². The Bertz CT molecular complexity index is 801. The number of furan rings is 1. The molecular formula is C15H19N3O5S. The van der Waals surface area contributed by atoms with Crippen molar-refractivity contribution in [3.05, 3.63) is 52.5 Å². The van der Waals surface area contributed by atoms with Crippen molar-refractivity contribution < 1.29 is 17.8 Å². The fourth-order valence-electron chi connectivity index (χ4n) is 2.13. The lowest BCUT2D eigenvalue weighted by molar-refractivity contribution is -0.384. The van der Waals surface area contributed by atoms with Crippen LogP contribution >= 0.6 is 0 Å². The first-order valence-corrected chi connectivity index (χ1v) is 8.85. The summed E-state index contributed by atoms with van der Waals surface area (Å²) in [5, 5.41) is 14.2. The molecule has 2 N–H and O–H groups in total. The van der Waals surface area contributed by atoms with Gasteiger partial charge in [0.25, 0.3) is 5.69 Å². The summed E-state index contributed by atoms with van der Waals surface area (Å²) in [6.07, 6.45) is 2.11. The Morgan fingerprint density at radius 3 is 2.62 bits per heavy atom. The molecule has 0 saturated heterocycles. The highest BCUT2D eigenvalue weighted by Crippen LogP contribution is 2.27. The Balaban J connectivity index is 2.19. The van der Waals surface area contributed by atoms with E-state index in [1.165, 1.54) is 12.1 Å². The van der Waals surface area contributed by atoms with Gasteiger partial charge in [-0.15, -0.1) is 0 Å². The van der Waals surface area contributed by atoms with Crippen LogP contribution in [-0.4, -0.2) is 25.9 Å². The van der Waals surface area contributed by atoms with Crippen molar-refractivity contribution in [2.45, 2.75) is 31.2 Å².